The summed E-state index contributed by atoms with van der Waals surface area (Å²) in [5, 5.41) is 13.7. The second kappa shape index (κ2) is 9.14. The summed E-state index contributed by atoms with van der Waals surface area (Å²) in [5.41, 5.74) is 1.35. The SMILES string of the molecule is COC(=O)c1cccc(C(=O)Nc2ccc(C(=O)NCCC(=O)O)cc2)c1. The van der Waals surface area contributed by atoms with Crippen LogP contribution in [0.3, 0.4) is 0 Å². The molecular weight excluding hydrogens is 352 g/mol. The number of aliphatic carboxylic acids is 1. The summed E-state index contributed by atoms with van der Waals surface area (Å²) in [7, 11) is 1.26. The molecule has 0 saturated heterocycles. The quantitative estimate of drug-likeness (QED) is 0.640. The van der Waals surface area contributed by atoms with Gasteiger partial charge in [0.2, 0.25) is 0 Å². The van der Waals surface area contributed by atoms with Gasteiger partial charge in [-0.3, -0.25) is 14.4 Å². The van der Waals surface area contributed by atoms with Crippen LogP contribution < -0.4 is 10.6 Å². The second-order valence-corrected chi connectivity index (χ2v) is 5.50. The summed E-state index contributed by atoms with van der Waals surface area (Å²) >= 11 is 0. The van der Waals surface area contributed by atoms with E-state index in [0.717, 1.165) is 0 Å². The van der Waals surface area contributed by atoms with Gasteiger partial charge in [0.1, 0.15) is 0 Å². The molecule has 8 nitrogen and oxygen atoms in total. The van der Waals surface area contributed by atoms with Gasteiger partial charge in [0.05, 0.1) is 19.1 Å². The standard InChI is InChI=1S/C19H18N2O6/c1-27-19(26)14-4-2-3-13(11-14)18(25)21-15-7-5-12(6-8-15)17(24)20-10-9-16(22)23/h2-8,11H,9-10H2,1H3,(H,20,24)(H,21,25)(H,22,23). The number of carboxylic acids is 1. The van der Waals surface area contributed by atoms with Crippen LogP contribution in [-0.2, 0) is 9.53 Å². The minimum absolute atomic E-state index is 0.0309. The first kappa shape index (κ1) is 19.6. The summed E-state index contributed by atoms with van der Waals surface area (Å²) in [6.07, 6.45) is -0.162. The van der Waals surface area contributed by atoms with E-state index in [0.29, 0.717) is 11.3 Å². The number of hydrogen-bond acceptors (Lipinski definition) is 5. The summed E-state index contributed by atoms with van der Waals surface area (Å²) in [6.45, 7) is 0.0309. The van der Waals surface area contributed by atoms with Crippen LogP contribution in [0, 0.1) is 0 Å². The molecule has 0 bridgehead atoms. The van der Waals surface area contributed by atoms with E-state index in [4.69, 9.17) is 5.11 Å². The molecular formula is C19H18N2O6. The number of carbonyl (C=O) groups is 4. The largest absolute Gasteiger partial charge is 0.481 e. The molecule has 0 fully saturated rings. The topological polar surface area (TPSA) is 122 Å². The van der Waals surface area contributed by atoms with Crippen molar-refractivity contribution in [3.05, 3.63) is 65.2 Å². The van der Waals surface area contributed by atoms with Gasteiger partial charge in [0, 0.05) is 23.4 Å². The molecule has 0 spiro atoms. The van der Waals surface area contributed by atoms with E-state index in [9.17, 15) is 19.2 Å². The smallest absolute Gasteiger partial charge is 0.337 e. The molecule has 0 aliphatic heterocycles. The highest BCUT2D eigenvalue weighted by molar-refractivity contribution is 6.06. The third-order valence-electron chi connectivity index (χ3n) is 3.58. The average molecular weight is 370 g/mol. The van der Waals surface area contributed by atoms with Crippen molar-refractivity contribution in [1.29, 1.82) is 0 Å². The number of amides is 2. The van der Waals surface area contributed by atoms with Crippen LogP contribution in [0.5, 0.6) is 0 Å². The van der Waals surface area contributed by atoms with Crippen molar-refractivity contribution < 1.29 is 29.0 Å². The number of methoxy groups -OCH3 is 1. The molecule has 2 aromatic carbocycles. The van der Waals surface area contributed by atoms with Gasteiger partial charge in [0.25, 0.3) is 11.8 Å². The minimum Gasteiger partial charge on any atom is -0.481 e. The van der Waals surface area contributed by atoms with Crippen LogP contribution in [-0.4, -0.2) is 42.5 Å². The van der Waals surface area contributed by atoms with Gasteiger partial charge in [-0.15, -0.1) is 0 Å². The Morgan fingerprint density at radius 3 is 2.22 bits per heavy atom. The number of ether oxygens (including phenoxy) is 1. The number of esters is 1. The fourth-order valence-corrected chi connectivity index (χ4v) is 2.20. The first-order chi connectivity index (χ1) is 12.9. The van der Waals surface area contributed by atoms with E-state index in [1.807, 2.05) is 0 Å². The first-order valence-electron chi connectivity index (χ1n) is 8.00. The Morgan fingerprint density at radius 2 is 1.59 bits per heavy atom. The Hall–Kier alpha value is -3.68. The Morgan fingerprint density at radius 1 is 0.926 bits per heavy atom. The number of anilines is 1. The molecule has 0 aromatic heterocycles. The van der Waals surface area contributed by atoms with Gasteiger partial charge in [-0.25, -0.2) is 4.79 Å². The zero-order chi connectivity index (χ0) is 19.8. The number of carboxylic acid groups (broad SMARTS) is 1. The second-order valence-electron chi connectivity index (χ2n) is 5.50. The van der Waals surface area contributed by atoms with Gasteiger partial charge in [0.15, 0.2) is 0 Å². The van der Waals surface area contributed by atoms with E-state index in [1.54, 1.807) is 30.3 Å². The predicted molar refractivity (Wildman–Crippen MR) is 96.8 cm³/mol. The minimum atomic E-state index is -0.996. The molecule has 140 valence electrons. The highest BCUT2D eigenvalue weighted by atomic mass is 16.5. The molecule has 0 atom stereocenters. The van der Waals surface area contributed by atoms with Gasteiger partial charge in [-0.2, -0.15) is 0 Å². The van der Waals surface area contributed by atoms with Crippen molar-refractivity contribution in [2.45, 2.75) is 6.42 Å². The highest BCUT2D eigenvalue weighted by Crippen LogP contribution is 2.13. The maximum Gasteiger partial charge on any atom is 0.337 e. The zero-order valence-electron chi connectivity index (χ0n) is 14.5. The van der Waals surface area contributed by atoms with E-state index in [1.165, 1.54) is 25.3 Å². The summed E-state index contributed by atoms with van der Waals surface area (Å²) in [4.78, 5) is 46.2. The van der Waals surface area contributed by atoms with Gasteiger partial charge >= 0.3 is 11.9 Å². The van der Waals surface area contributed by atoms with Crippen LogP contribution >= 0.6 is 0 Å². The molecule has 8 heteroatoms. The molecule has 0 unspecified atom stereocenters. The lowest BCUT2D eigenvalue weighted by Gasteiger charge is -2.08. The lowest BCUT2D eigenvalue weighted by atomic mass is 10.1. The lowest BCUT2D eigenvalue weighted by Crippen LogP contribution is -2.25. The first-order valence-corrected chi connectivity index (χ1v) is 8.00. The fourth-order valence-electron chi connectivity index (χ4n) is 2.20. The number of rotatable bonds is 7. The summed E-state index contributed by atoms with van der Waals surface area (Å²) in [6, 6.07) is 12.2. The molecule has 0 heterocycles. The van der Waals surface area contributed by atoms with E-state index in [-0.39, 0.29) is 24.1 Å². The van der Waals surface area contributed by atoms with Crippen molar-refractivity contribution in [2.24, 2.45) is 0 Å². The molecule has 2 rings (SSSR count). The molecule has 0 aliphatic rings. The zero-order valence-corrected chi connectivity index (χ0v) is 14.5. The van der Waals surface area contributed by atoms with Crippen molar-refractivity contribution in [3.8, 4) is 0 Å². The molecule has 0 radical (unpaired) electrons. The van der Waals surface area contributed by atoms with Crippen molar-refractivity contribution >= 4 is 29.4 Å². The Balaban J connectivity index is 1.99. The number of hydrogen-bond donors (Lipinski definition) is 3. The fraction of sp³-hybridized carbons (Fsp3) is 0.158. The molecule has 2 amide bonds. The number of benzene rings is 2. The monoisotopic (exact) mass is 370 g/mol. The average Bonchev–Trinajstić information content (AvgIpc) is 2.67. The summed E-state index contributed by atoms with van der Waals surface area (Å²) in [5.74, 6) is -2.35. The van der Waals surface area contributed by atoms with Crippen LogP contribution in [0.1, 0.15) is 37.5 Å². The third-order valence-corrected chi connectivity index (χ3v) is 3.58. The van der Waals surface area contributed by atoms with Crippen LogP contribution in [0.4, 0.5) is 5.69 Å². The number of carbonyl (C=O) groups excluding carboxylic acids is 3. The van der Waals surface area contributed by atoms with E-state index in [2.05, 4.69) is 15.4 Å². The lowest BCUT2D eigenvalue weighted by molar-refractivity contribution is -0.136. The molecule has 0 saturated carbocycles. The summed E-state index contributed by atoms with van der Waals surface area (Å²) < 4.78 is 4.62. The van der Waals surface area contributed by atoms with Crippen LogP contribution in [0.15, 0.2) is 48.5 Å². The van der Waals surface area contributed by atoms with Crippen LogP contribution in [0.2, 0.25) is 0 Å². The molecule has 27 heavy (non-hydrogen) atoms. The molecule has 0 aliphatic carbocycles. The maximum absolute atomic E-state index is 12.3. The molecule has 2 aromatic rings. The Bertz CT molecular complexity index is 861. The maximum atomic E-state index is 12.3. The predicted octanol–water partition coefficient (Wildman–Crippen LogP) is 1.93. The van der Waals surface area contributed by atoms with Gasteiger partial charge in [-0.1, -0.05) is 6.07 Å². The van der Waals surface area contributed by atoms with Crippen LogP contribution in [0.25, 0.3) is 0 Å². The van der Waals surface area contributed by atoms with E-state index >= 15 is 0 Å². The normalized spacial score (nSPS) is 9.96. The Kier molecular flexibility index (Phi) is 6.65. The van der Waals surface area contributed by atoms with Crippen molar-refractivity contribution in [1.82, 2.24) is 5.32 Å². The van der Waals surface area contributed by atoms with E-state index < -0.39 is 23.8 Å². The van der Waals surface area contributed by atoms with Crippen molar-refractivity contribution in [2.75, 3.05) is 19.0 Å². The number of nitrogens with one attached hydrogen (secondary N) is 2. The van der Waals surface area contributed by atoms with Gasteiger partial charge < -0.3 is 20.5 Å². The molecule has 3 N–H and O–H groups in total. The third kappa shape index (κ3) is 5.67. The van der Waals surface area contributed by atoms with Gasteiger partial charge in [-0.05, 0) is 42.5 Å². The van der Waals surface area contributed by atoms with Crippen molar-refractivity contribution in [3.63, 3.8) is 0 Å². The highest BCUT2D eigenvalue weighted by Gasteiger charge is 2.11. The Labute approximate surface area is 155 Å².